The molecule has 1 heterocycles. The normalized spacial score (nSPS) is 11.3. The molecule has 0 saturated heterocycles. The Morgan fingerprint density at radius 3 is 2.52 bits per heavy atom. The van der Waals surface area contributed by atoms with Crippen LogP contribution in [0.5, 0.6) is 0 Å². The molecular weight excluding hydrogens is 381 g/mol. The summed E-state index contributed by atoms with van der Waals surface area (Å²) in [5.41, 5.74) is 0.330. The van der Waals surface area contributed by atoms with Crippen LogP contribution in [0.1, 0.15) is 16.1 Å². The molecule has 0 bridgehead atoms. The summed E-state index contributed by atoms with van der Waals surface area (Å²) in [6.45, 7) is 0. The van der Waals surface area contributed by atoms with Crippen LogP contribution in [0.3, 0.4) is 0 Å². The van der Waals surface area contributed by atoms with Crippen LogP contribution in [0.15, 0.2) is 54.6 Å². The van der Waals surface area contributed by atoms with E-state index in [1.807, 2.05) is 0 Å². The van der Waals surface area contributed by atoms with Gasteiger partial charge in [-0.3, -0.25) is 9.48 Å². The predicted molar refractivity (Wildman–Crippen MR) is 97.3 cm³/mol. The van der Waals surface area contributed by atoms with Crippen molar-refractivity contribution < 1.29 is 18.0 Å². The summed E-state index contributed by atoms with van der Waals surface area (Å²) in [6, 6.07) is 14.3. The topological polar surface area (TPSA) is 59.0 Å². The van der Waals surface area contributed by atoms with Crippen molar-refractivity contribution in [2.45, 2.75) is 6.18 Å². The molecule has 0 aliphatic carbocycles. The zero-order chi connectivity index (χ0) is 19.6. The summed E-state index contributed by atoms with van der Waals surface area (Å²) in [6.07, 6.45) is -4.59. The van der Waals surface area contributed by atoms with Crippen LogP contribution in [0.25, 0.3) is 0 Å². The average molecular weight is 395 g/mol. The molecule has 0 atom stereocenters. The molecule has 0 saturated carbocycles. The van der Waals surface area contributed by atoms with Crippen LogP contribution >= 0.6 is 11.6 Å². The van der Waals surface area contributed by atoms with Gasteiger partial charge < -0.3 is 10.6 Å². The van der Waals surface area contributed by atoms with Crippen LogP contribution < -0.4 is 10.6 Å². The minimum atomic E-state index is -4.59. The summed E-state index contributed by atoms with van der Waals surface area (Å²) < 4.78 is 39.3. The highest BCUT2D eigenvalue weighted by atomic mass is 35.5. The van der Waals surface area contributed by atoms with Crippen LogP contribution in [-0.4, -0.2) is 15.7 Å². The van der Waals surface area contributed by atoms with E-state index in [-0.39, 0.29) is 11.4 Å². The number of aromatic nitrogens is 2. The number of nitrogens with zero attached hydrogens (tertiary/aromatic N) is 2. The van der Waals surface area contributed by atoms with Gasteiger partial charge in [-0.2, -0.15) is 18.3 Å². The van der Waals surface area contributed by atoms with E-state index < -0.39 is 17.8 Å². The third kappa shape index (κ3) is 4.40. The standard InChI is InChI=1S/C18H14ClF3N4O/c1-26-16(10-15(25-26)18(20,21)22)24-17(27)13-7-2-3-8-14(13)23-12-6-4-5-11(19)9-12/h2-10,23H,1H3,(H,24,27). The number of rotatable bonds is 4. The average Bonchev–Trinajstić information content (AvgIpc) is 2.96. The van der Waals surface area contributed by atoms with Crippen molar-refractivity contribution in [2.75, 3.05) is 10.6 Å². The van der Waals surface area contributed by atoms with E-state index in [0.717, 1.165) is 10.7 Å². The SMILES string of the molecule is Cn1nc(C(F)(F)F)cc1NC(=O)c1ccccc1Nc1cccc(Cl)c1. The maximum Gasteiger partial charge on any atom is 0.435 e. The lowest BCUT2D eigenvalue weighted by molar-refractivity contribution is -0.141. The number of carbonyl (C=O) groups is 1. The molecule has 0 radical (unpaired) electrons. The molecule has 5 nitrogen and oxygen atoms in total. The second kappa shape index (κ2) is 7.32. The molecule has 1 amide bonds. The maximum atomic E-state index is 12.8. The molecule has 0 spiro atoms. The van der Waals surface area contributed by atoms with Gasteiger partial charge in [0.1, 0.15) is 5.82 Å². The second-order valence-corrected chi connectivity index (χ2v) is 6.11. The fraction of sp³-hybridized carbons (Fsp3) is 0.111. The zero-order valence-corrected chi connectivity index (χ0v) is 14.8. The molecule has 0 fully saturated rings. The molecule has 3 rings (SSSR count). The Labute approximate surface area is 157 Å². The zero-order valence-electron chi connectivity index (χ0n) is 14.0. The maximum absolute atomic E-state index is 12.8. The minimum absolute atomic E-state index is 0.0649. The quantitative estimate of drug-likeness (QED) is 0.648. The Kier molecular flexibility index (Phi) is 5.09. The Bertz CT molecular complexity index is 985. The van der Waals surface area contributed by atoms with Gasteiger partial charge in [0.15, 0.2) is 5.69 Å². The van der Waals surface area contributed by atoms with Crippen molar-refractivity contribution in [3.8, 4) is 0 Å². The van der Waals surface area contributed by atoms with E-state index in [2.05, 4.69) is 15.7 Å². The summed E-state index contributed by atoms with van der Waals surface area (Å²) in [5.74, 6) is -0.637. The van der Waals surface area contributed by atoms with E-state index in [9.17, 15) is 18.0 Å². The van der Waals surface area contributed by atoms with Gasteiger partial charge in [-0.1, -0.05) is 29.8 Å². The van der Waals surface area contributed by atoms with Gasteiger partial charge in [0.25, 0.3) is 5.91 Å². The first kappa shape index (κ1) is 18.8. The van der Waals surface area contributed by atoms with Crippen molar-refractivity contribution in [1.29, 1.82) is 0 Å². The van der Waals surface area contributed by atoms with Gasteiger partial charge >= 0.3 is 6.18 Å². The number of alkyl halides is 3. The number of hydrogen-bond donors (Lipinski definition) is 2. The Balaban J connectivity index is 1.85. The monoisotopic (exact) mass is 394 g/mol. The molecule has 3 aromatic rings. The number of aryl methyl sites for hydroxylation is 1. The van der Waals surface area contributed by atoms with E-state index in [1.54, 1.807) is 48.5 Å². The first-order chi connectivity index (χ1) is 12.7. The molecule has 0 aliphatic heterocycles. The minimum Gasteiger partial charge on any atom is -0.355 e. The molecule has 9 heteroatoms. The molecule has 0 aliphatic rings. The van der Waals surface area contributed by atoms with E-state index in [0.29, 0.717) is 16.4 Å². The fourth-order valence-corrected chi connectivity index (χ4v) is 2.61. The lowest BCUT2D eigenvalue weighted by Crippen LogP contribution is -2.16. The number of carbonyl (C=O) groups excluding carboxylic acids is 1. The molecule has 2 N–H and O–H groups in total. The van der Waals surface area contributed by atoms with Gasteiger partial charge in [-0.05, 0) is 30.3 Å². The number of para-hydroxylation sites is 1. The van der Waals surface area contributed by atoms with E-state index >= 15 is 0 Å². The van der Waals surface area contributed by atoms with Gasteiger partial charge in [0, 0.05) is 23.8 Å². The first-order valence-electron chi connectivity index (χ1n) is 7.78. The molecule has 0 unspecified atom stereocenters. The van der Waals surface area contributed by atoms with E-state index in [1.165, 1.54) is 7.05 Å². The molecular formula is C18H14ClF3N4O. The highest BCUT2D eigenvalue weighted by Crippen LogP contribution is 2.30. The molecule has 1 aromatic heterocycles. The highest BCUT2D eigenvalue weighted by Gasteiger charge is 2.34. The van der Waals surface area contributed by atoms with Crippen molar-refractivity contribution in [3.63, 3.8) is 0 Å². The van der Waals surface area contributed by atoms with Gasteiger partial charge in [-0.15, -0.1) is 0 Å². The number of hydrogen-bond acceptors (Lipinski definition) is 3. The fourth-order valence-electron chi connectivity index (χ4n) is 2.42. The van der Waals surface area contributed by atoms with Crippen molar-refractivity contribution in [3.05, 3.63) is 70.9 Å². The van der Waals surface area contributed by atoms with Crippen LogP contribution in [0.4, 0.5) is 30.4 Å². The summed E-state index contributed by atoms with van der Waals surface area (Å²) in [7, 11) is 1.32. The van der Waals surface area contributed by atoms with Crippen molar-refractivity contribution in [2.24, 2.45) is 7.05 Å². The van der Waals surface area contributed by atoms with E-state index in [4.69, 9.17) is 11.6 Å². The summed E-state index contributed by atoms with van der Waals surface area (Å²) in [4.78, 5) is 12.6. The second-order valence-electron chi connectivity index (χ2n) is 5.67. The third-order valence-corrected chi connectivity index (χ3v) is 3.92. The Morgan fingerprint density at radius 2 is 1.85 bits per heavy atom. The summed E-state index contributed by atoms with van der Waals surface area (Å²) in [5, 5.41) is 9.43. The predicted octanol–water partition coefficient (Wildman–Crippen LogP) is 5.09. The van der Waals surface area contributed by atoms with Gasteiger partial charge in [0.2, 0.25) is 0 Å². The Hall–Kier alpha value is -3.00. The van der Waals surface area contributed by atoms with Crippen LogP contribution in [0.2, 0.25) is 5.02 Å². The third-order valence-electron chi connectivity index (χ3n) is 3.69. The smallest absolute Gasteiger partial charge is 0.355 e. The van der Waals surface area contributed by atoms with Crippen molar-refractivity contribution in [1.82, 2.24) is 9.78 Å². The molecule has 140 valence electrons. The molecule has 2 aromatic carbocycles. The van der Waals surface area contributed by atoms with Gasteiger partial charge in [-0.25, -0.2) is 0 Å². The number of anilines is 3. The lowest BCUT2D eigenvalue weighted by atomic mass is 10.1. The van der Waals surface area contributed by atoms with Gasteiger partial charge in [0.05, 0.1) is 11.3 Å². The van der Waals surface area contributed by atoms with Crippen LogP contribution in [0, 0.1) is 0 Å². The highest BCUT2D eigenvalue weighted by molar-refractivity contribution is 6.30. The number of nitrogens with one attached hydrogen (secondary N) is 2. The molecule has 27 heavy (non-hydrogen) atoms. The van der Waals surface area contributed by atoms with Crippen LogP contribution in [-0.2, 0) is 13.2 Å². The summed E-state index contributed by atoms with van der Waals surface area (Å²) >= 11 is 5.96. The largest absolute Gasteiger partial charge is 0.435 e. The number of amides is 1. The lowest BCUT2D eigenvalue weighted by Gasteiger charge is -2.12. The number of halogens is 4. The number of benzene rings is 2. The van der Waals surface area contributed by atoms with Crippen molar-refractivity contribution >= 4 is 34.7 Å². The Morgan fingerprint density at radius 1 is 1.11 bits per heavy atom. The first-order valence-corrected chi connectivity index (χ1v) is 8.16.